The lowest BCUT2D eigenvalue weighted by molar-refractivity contribution is 0.271. The van der Waals surface area contributed by atoms with Crippen molar-refractivity contribution in [3.05, 3.63) is 30.5 Å². The molecule has 1 aromatic heterocycles. The van der Waals surface area contributed by atoms with Gasteiger partial charge in [-0.2, -0.15) is 0 Å². The van der Waals surface area contributed by atoms with Gasteiger partial charge < -0.3 is 9.84 Å². The van der Waals surface area contributed by atoms with Gasteiger partial charge in [0.2, 0.25) is 5.88 Å². The monoisotopic (exact) mass is 180 g/mol. The van der Waals surface area contributed by atoms with Crippen molar-refractivity contribution in [3.63, 3.8) is 0 Å². The zero-order chi connectivity index (χ0) is 9.52. The van der Waals surface area contributed by atoms with Gasteiger partial charge in [0, 0.05) is 6.07 Å². The van der Waals surface area contributed by atoms with Crippen LogP contribution in [0.25, 0.3) is 0 Å². The number of aliphatic hydroxyl groups excluding tert-OH is 1. The summed E-state index contributed by atoms with van der Waals surface area (Å²) in [6, 6.07) is 3.36. The molecule has 1 heterocycles. The van der Waals surface area contributed by atoms with Crippen molar-refractivity contribution in [1.82, 2.24) is 10.2 Å². The topological polar surface area (TPSA) is 55.2 Å². The number of ether oxygens (including phenoxy) is 1. The van der Waals surface area contributed by atoms with Crippen molar-refractivity contribution < 1.29 is 9.84 Å². The summed E-state index contributed by atoms with van der Waals surface area (Å²) in [4.78, 5) is 0. The summed E-state index contributed by atoms with van der Waals surface area (Å²) in [6.07, 6.45) is 2.55. The molecular formula is C9H12N2O2. The smallest absolute Gasteiger partial charge is 0.233 e. The summed E-state index contributed by atoms with van der Waals surface area (Å²) in [6.45, 7) is 4.03. The first-order valence-electron chi connectivity index (χ1n) is 4.04. The van der Waals surface area contributed by atoms with Gasteiger partial charge in [-0.25, -0.2) is 0 Å². The lowest BCUT2D eigenvalue weighted by atomic mass is 10.4. The van der Waals surface area contributed by atoms with Crippen LogP contribution in [0.3, 0.4) is 0 Å². The van der Waals surface area contributed by atoms with Crippen LogP contribution >= 0.6 is 0 Å². The van der Waals surface area contributed by atoms with E-state index in [0.717, 1.165) is 6.42 Å². The minimum absolute atomic E-state index is 0.0973. The second kappa shape index (κ2) is 5.27. The highest BCUT2D eigenvalue weighted by Gasteiger charge is 1.96. The van der Waals surface area contributed by atoms with Crippen molar-refractivity contribution in [2.45, 2.75) is 13.0 Å². The quantitative estimate of drug-likeness (QED) is 0.541. The van der Waals surface area contributed by atoms with E-state index in [0.29, 0.717) is 18.2 Å². The second-order valence-corrected chi connectivity index (χ2v) is 2.45. The predicted octanol–water partition coefficient (Wildman–Crippen LogP) is 0.924. The average Bonchev–Trinajstić information content (AvgIpc) is 2.19. The Bertz CT molecular complexity index is 259. The second-order valence-electron chi connectivity index (χ2n) is 2.45. The van der Waals surface area contributed by atoms with Gasteiger partial charge in [-0.3, -0.25) is 0 Å². The van der Waals surface area contributed by atoms with E-state index in [1.807, 2.05) is 0 Å². The van der Waals surface area contributed by atoms with E-state index in [4.69, 9.17) is 9.84 Å². The van der Waals surface area contributed by atoms with Gasteiger partial charge in [0.15, 0.2) is 0 Å². The summed E-state index contributed by atoms with van der Waals surface area (Å²) in [5, 5.41) is 16.2. The maximum Gasteiger partial charge on any atom is 0.233 e. The number of hydrogen-bond donors (Lipinski definition) is 1. The predicted molar refractivity (Wildman–Crippen MR) is 48.3 cm³/mol. The zero-order valence-electron chi connectivity index (χ0n) is 7.31. The first-order valence-corrected chi connectivity index (χ1v) is 4.04. The van der Waals surface area contributed by atoms with E-state index in [2.05, 4.69) is 16.8 Å². The molecule has 0 unspecified atom stereocenters. The molecule has 4 nitrogen and oxygen atoms in total. The molecule has 0 bridgehead atoms. The minimum atomic E-state index is -0.0973. The molecule has 0 amide bonds. The highest BCUT2D eigenvalue weighted by atomic mass is 16.5. The molecule has 0 aliphatic rings. The summed E-state index contributed by atoms with van der Waals surface area (Å²) in [5.74, 6) is 0.471. The molecule has 0 fully saturated rings. The summed E-state index contributed by atoms with van der Waals surface area (Å²) < 4.78 is 5.22. The first kappa shape index (κ1) is 9.67. The van der Waals surface area contributed by atoms with Crippen LogP contribution in [0.5, 0.6) is 5.88 Å². The van der Waals surface area contributed by atoms with Crippen LogP contribution < -0.4 is 4.74 Å². The van der Waals surface area contributed by atoms with E-state index < -0.39 is 0 Å². The van der Waals surface area contributed by atoms with Crippen LogP contribution in [0, 0.1) is 0 Å². The maximum atomic E-state index is 8.69. The zero-order valence-corrected chi connectivity index (χ0v) is 7.31. The summed E-state index contributed by atoms with van der Waals surface area (Å²) in [7, 11) is 0. The molecule has 1 rings (SSSR count). The molecule has 0 aromatic carbocycles. The minimum Gasteiger partial charge on any atom is -0.476 e. The van der Waals surface area contributed by atoms with Crippen LogP contribution in [0.4, 0.5) is 0 Å². The van der Waals surface area contributed by atoms with Crippen LogP contribution in [0.1, 0.15) is 12.1 Å². The molecule has 1 N–H and O–H groups in total. The van der Waals surface area contributed by atoms with Crippen LogP contribution in [-0.2, 0) is 6.61 Å². The van der Waals surface area contributed by atoms with E-state index in [1.54, 1.807) is 18.2 Å². The Morgan fingerprint density at radius 3 is 2.85 bits per heavy atom. The van der Waals surface area contributed by atoms with Gasteiger partial charge in [0.25, 0.3) is 0 Å². The third-order valence-electron chi connectivity index (χ3n) is 1.43. The Morgan fingerprint density at radius 1 is 1.46 bits per heavy atom. The first-order chi connectivity index (χ1) is 6.36. The Morgan fingerprint density at radius 2 is 2.31 bits per heavy atom. The van der Waals surface area contributed by atoms with E-state index in [1.165, 1.54) is 0 Å². The standard InChI is InChI=1S/C9H12N2O2/c1-2-3-6-13-9-5-4-8(7-12)10-11-9/h2,4-5,12H,1,3,6-7H2. The normalized spacial score (nSPS) is 9.62. The fourth-order valence-corrected chi connectivity index (χ4v) is 0.756. The van der Waals surface area contributed by atoms with E-state index in [-0.39, 0.29) is 6.61 Å². The molecular weight excluding hydrogens is 168 g/mol. The molecule has 0 spiro atoms. The maximum absolute atomic E-state index is 8.69. The fourth-order valence-electron chi connectivity index (χ4n) is 0.756. The van der Waals surface area contributed by atoms with Gasteiger partial charge in [0.05, 0.1) is 18.9 Å². The molecule has 1 aromatic rings. The Labute approximate surface area is 76.9 Å². The molecule has 0 aliphatic carbocycles. The largest absolute Gasteiger partial charge is 0.476 e. The molecule has 0 saturated heterocycles. The third kappa shape index (κ3) is 3.21. The highest BCUT2D eigenvalue weighted by Crippen LogP contribution is 2.04. The SMILES string of the molecule is C=CCCOc1ccc(CO)nn1. The fraction of sp³-hybridized carbons (Fsp3) is 0.333. The average molecular weight is 180 g/mol. The van der Waals surface area contributed by atoms with Crippen LogP contribution in [-0.4, -0.2) is 21.9 Å². The number of aromatic nitrogens is 2. The highest BCUT2D eigenvalue weighted by molar-refractivity contribution is 5.10. The number of aliphatic hydroxyl groups is 1. The van der Waals surface area contributed by atoms with Crippen molar-refractivity contribution in [3.8, 4) is 5.88 Å². The molecule has 0 aliphatic heterocycles. The molecule has 70 valence electrons. The molecule has 0 saturated carbocycles. The Balaban J connectivity index is 2.44. The number of hydrogen-bond acceptors (Lipinski definition) is 4. The van der Waals surface area contributed by atoms with Gasteiger partial charge in [-0.1, -0.05) is 6.08 Å². The van der Waals surface area contributed by atoms with Gasteiger partial charge in [-0.15, -0.1) is 16.8 Å². The number of nitrogens with zero attached hydrogens (tertiary/aromatic N) is 2. The molecule has 13 heavy (non-hydrogen) atoms. The molecule has 0 atom stereocenters. The lowest BCUT2D eigenvalue weighted by Gasteiger charge is -2.01. The van der Waals surface area contributed by atoms with Gasteiger partial charge >= 0.3 is 0 Å². The number of rotatable bonds is 5. The Kier molecular flexibility index (Phi) is 3.92. The summed E-state index contributed by atoms with van der Waals surface area (Å²) in [5.41, 5.74) is 0.538. The van der Waals surface area contributed by atoms with Crippen LogP contribution in [0.15, 0.2) is 24.8 Å². The van der Waals surface area contributed by atoms with Gasteiger partial charge in [-0.05, 0) is 12.5 Å². The van der Waals surface area contributed by atoms with Crippen molar-refractivity contribution in [1.29, 1.82) is 0 Å². The lowest BCUT2D eigenvalue weighted by Crippen LogP contribution is -2.00. The van der Waals surface area contributed by atoms with Crippen molar-refractivity contribution in [2.24, 2.45) is 0 Å². The van der Waals surface area contributed by atoms with E-state index >= 15 is 0 Å². The van der Waals surface area contributed by atoms with Gasteiger partial charge in [0.1, 0.15) is 0 Å². The van der Waals surface area contributed by atoms with Crippen LogP contribution in [0.2, 0.25) is 0 Å². The summed E-state index contributed by atoms with van der Waals surface area (Å²) >= 11 is 0. The van der Waals surface area contributed by atoms with E-state index in [9.17, 15) is 0 Å². The van der Waals surface area contributed by atoms with Crippen molar-refractivity contribution >= 4 is 0 Å². The Hall–Kier alpha value is -1.42. The molecule has 0 radical (unpaired) electrons. The van der Waals surface area contributed by atoms with Crippen molar-refractivity contribution in [2.75, 3.05) is 6.61 Å². The third-order valence-corrected chi connectivity index (χ3v) is 1.43. The molecule has 4 heteroatoms.